The zero-order valence-electron chi connectivity index (χ0n) is 12.2. The number of hydrogen-bond acceptors (Lipinski definition) is 3. The van der Waals surface area contributed by atoms with E-state index in [2.05, 4.69) is 5.32 Å². The third-order valence-electron chi connectivity index (χ3n) is 3.48. The van der Waals surface area contributed by atoms with Crippen molar-refractivity contribution >= 4 is 11.6 Å². The highest BCUT2D eigenvalue weighted by Crippen LogP contribution is 2.33. The Balaban J connectivity index is 1.72. The maximum atomic E-state index is 12.8. The molecule has 0 spiro atoms. The molecular weight excluding hydrogens is 285 g/mol. The van der Waals surface area contributed by atoms with Crippen LogP contribution in [-0.4, -0.2) is 19.1 Å². The SMILES string of the molecule is Cc1cc2c(cc1CC(=O)Nc1ccc(F)cc1)OCCO2. The summed E-state index contributed by atoms with van der Waals surface area (Å²) in [5, 5.41) is 2.75. The zero-order valence-corrected chi connectivity index (χ0v) is 12.2. The van der Waals surface area contributed by atoms with E-state index in [1.165, 1.54) is 24.3 Å². The lowest BCUT2D eigenvalue weighted by molar-refractivity contribution is -0.115. The maximum absolute atomic E-state index is 12.8. The van der Waals surface area contributed by atoms with Gasteiger partial charge in [0.2, 0.25) is 5.91 Å². The molecule has 1 amide bonds. The van der Waals surface area contributed by atoms with Crippen molar-refractivity contribution in [1.82, 2.24) is 0 Å². The molecule has 1 aliphatic heterocycles. The Bertz CT molecular complexity index is 698. The van der Waals surface area contributed by atoms with E-state index in [0.717, 1.165) is 11.1 Å². The lowest BCUT2D eigenvalue weighted by Crippen LogP contribution is -2.18. The predicted octanol–water partition coefficient (Wildman–Crippen LogP) is 3.09. The molecule has 1 heterocycles. The van der Waals surface area contributed by atoms with Crippen LogP contribution in [0.1, 0.15) is 11.1 Å². The molecule has 114 valence electrons. The number of amides is 1. The molecule has 0 aliphatic carbocycles. The minimum Gasteiger partial charge on any atom is -0.486 e. The molecule has 0 unspecified atom stereocenters. The molecule has 4 nitrogen and oxygen atoms in total. The Morgan fingerprint density at radius 2 is 1.77 bits per heavy atom. The number of rotatable bonds is 3. The second kappa shape index (κ2) is 6.05. The first-order chi connectivity index (χ1) is 10.6. The van der Waals surface area contributed by atoms with Gasteiger partial charge in [0.1, 0.15) is 19.0 Å². The van der Waals surface area contributed by atoms with Crippen LogP contribution in [0.4, 0.5) is 10.1 Å². The van der Waals surface area contributed by atoms with Crippen LogP contribution >= 0.6 is 0 Å². The number of fused-ring (bicyclic) bond motifs is 1. The quantitative estimate of drug-likeness (QED) is 0.947. The topological polar surface area (TPSA) is 47.6 Å². The summed E-state index contributed by atoms with van der Waals surface area (Å²) in [5.74, 6) is 0.889. The molecule has 0 bridgehead atoms. The van der Waals surface area contributed by atoms with Crippen LogP contribution in [0.15, 0.2) is 36.4 Å². The molecule has 0 fully saturated rings. The number of aryl methyl sites for hydroxylation is 1. The maximum Gasteiger partial charge on any atom is 0.228 e. The van der Waals surface area contributed by atoms with Gasteiger partial charge in [0, 0.05) is 5.69 Å². The number of nitrogens with one attached hydrogen (secondary N) is 1. The highest BCUT2D eigenvalue weighted by Gasteiger charge is 2.15. The van der Waals surface area contributed by atoms with E-state index in [9.17, 15) is 9.18 Å². The van der Waals surface area contributed by atoms with E-state index in [1.807, 2.05) is 19.1 Å². The van der Waals surface area contributed by atoms with Gasteiger partial charge in [-0.05, 0) is 54.4 Å². The molecule has 1 aliphatic rings. The van der Waals surface area contributed by atoms with Crippen molar-refractivity contribution in [3.05, 3.63) is 53.3 Å². The molecule has 0 aromatic heterocycles. The minimum absolute atomic E-state index is 0.161. The second-order valence-corrected chi connectivity index (χ2v) is 5.15. The zero-order chi connectivity index (χ0) is 15.5. The molecule has 0 saturated heterocycles. The van der Waals surface area contributed by atoms with Crippen molar-refractivity contribution in [2.24, 2.45) is 0 Å². The summed E-state index contributed by atoms with van der Waals surface area (Å²) in [5.41, 5.74) is 2.42. The second-order valence-electron chi connectivity index (χ2n) is 5.15. The van der Waals surface area contributed by atoms with E-state index in [-0.39, 0.29) is 18.1 Å². The lowest BCUT2D eigenvalue weighted by atomic mass is 10.0. The molecule has 5 heteroatoms. The summed E-state index contributed by atoms with van der Waals surface area (Å²) >= 11 is 0. The average molecular weight is 301 g/mol. The van der Waals surface area contributed by atoms with Crippen molar-refractivity contribution in [2.45, 2.75) is 13.3 Å². The fourth-order valence-corrected chi connectivity index (χ4v) is 2.33. The van der Waals surface area contributed by atoms with Crippen LogP contribution < -0.4 is 14.8 Å². The van der Waals surface area contributed by atoms with Gasteiger partial charge in [-0.25, -0.2) is 4.39 Å². The van der Waals surface area contributed by atoms with Gasteiger partial charge in [-0.3, -0.25) is 4.79 Å². The summed E-state index contributed by atoms with van der Waals surface area (Å²) in [6, 6.07) is 9.41. The Hall–Kier alpha value is -2.56. The summed E-state index contributed by atoms with van der Waals surface area (Å²) < 4.78 is 23.9. The van der Waals surface area contributed by atoms with E-state index in [4.69, 9.17) is 9.47 Å². The summed E-state index contributed by atoms with van der Waals surface area (Å²) in [7, 11) is 0. The highest BCUT2D eigenvalue weighted by molar-refractivity contribution is 5.92. The normalized spacial score (nSPS) is 12.8. The van der Waals surface area contributed by atoms with Gasteiger partial charge < -0.3 is 14.8 Å². The number of benzene rings is 2. The monoisotopic (exact) mass is 301 g/mol. The summed E-state index contributed by atoms with van der Waals surface area (Å²) in [6.07, 6.45) is 0.222. The predicted molar refractivity (Wildman–Crippen MR) is 80.9 cm³/mol. The van der Waals surface area contributed by atoms with Crippen molar-refractivity contribution < 1.29 is 18.7 Å². The first kappa shape index (κ1) is 14.4. The first-order valence-electron chi connectivity index (χ1n) is 7.06. The molecule has 0 radical (unpaired) electrons. The molecule has 2 aromatic carbocycles. The molecule has 0 atom stereocenters. The van der Waals surface area contributed by atoms with E-state index in [1.54, 1.807) is 0 Å². The Kier molecular flexibility index (Phi) is 3.96. The van der Waals surface area contributed by atoms with Crippen LogP contribution in [0, 0.1) is 12.7 Å². The third kappa shape index (κ3) is 3.19. The van der Waals surface area contributed by atoms with Crippen molar-refractivity contribution in [2.75, 3.05) is 18.5 Å². The van der Waals surface area contributed by atoms with Crippen LogP contribution in [0.3, 0.4) is 0 Å². The largest absolute Gasteiger partial charge is 0.486 e. The van der Waals surface area contributed by atoms with Crippen LogP contribution in [-0.2, 0) is 11.2 Å². The smallest absolute Gasteiger partial charge is 0.228 e. The molecular formula is C17H16FNO3. The molecule has 2 aromatic rings. The van der Waals surface area contributed by atoms with E-state index < -0.39 is 0 Å². The van der Waals surface area contributed by atoms with Crippen molar-refractivity contribution in [1.29, 1.82) is 0 Å². The lowest BCUT2D eigenvalue weighted by Gasteiger charge is -2.20. The average Bonchev–Trinajstić information content (AvgIpc) is 2.50. The van der Waals surface area contributed by atoms with Gasteiger partial charge in [0.15, 0.2) is 11.5 Å². The molecule has 22 heavy (non-hydrogen) atoms. The number of ether oxygens (including phenoxy) is 2. The number of anilines is 1. The number of carbonyl (C=O) groups excluding carboxylic acids is 1. The molecule has 1 N–H and O–H groups in total. The number of halogens is 1. The van der Waals surface area contributed by atoms with Gasteiger partial charge >= 0.3 is 0 Å². The summed E-state index contributed by atoms with van der Waals surface area (Å²) in [4.78, 5) is 12.1. The number of carbonyl (C=O) groups is 1. The van der Waals surface area contributed by atoms with E-state index >= 15 is 0 Å². The Morgan fingerprint density at radius 3 is 2.45 bits per heavy atom. The minimum atomic E-state index is -0.333. The van der Waals surface area contributed by atoms with Gasteiger partial charge in [0.05, 0.1) is 6.42 Å². The third-order valence-corrected chi connectivity index (χ3v) is 3.48. The van der Waals surface area contributed by atoms with Crippen LogP contribution in [0.2, 0.25) is 0 Å². The van der Waals surface area contributed by atoms with Crippen molar-refractivity contribution in [3.63, 3.8) is 0 Å². The van der Waals surface area contributed by atoms with Gasteiger partial charge in [-0.1, -0.05) is 0 Å². The standard InChI is InChI=1S/C17H16FNO3/c1-11-8-15-16(22-7-6-21-15)9-12(11)10-17(20)19-14-4-2-13(18)3-5-14/h2-5,8-9H,6-7,10H2,1H3,(H,19,20). The summed E-state index contributed by atoms with van der Waals surface area (Å²) in [6.45, 7) is 2.98. The first-order valence-corrected chi connectivity index (χ1v) is 7.06. The fourth-order valence-electron chi connectivity index (χ4n) is 2.33. The molecule has 3 rings (SSSR count). The van der Waals surface area contributed by atoms with Crippen molar-refractivity contribution in [3.8, 4) is 11.5 Å². The Morgan fingerprint density at radius 1 is 1.14 bits per heavy atom. The molecule has 0 saturated carbocycles. The Labute approximate surface area is 127 Å². The fraction of sp³-hybridized carbons (Fsp3) is 0.235. The van der Waals surface area contributed by atoms with Gasteiger partial charge in [-0.15, -0.1) is 0 Å². The van der Waals surface area contributed by atoms with E-state index in [0.29, 0.717) is 30.4 Å². The van der Waals surface area contributed by atoms with Gasteiger partial charge in [-0.2, -0.15) is 0 Å². The van der Waals surface area contributed by atoms with Crippen LogP contribution in [0.25, 0.3) is 0 Å². The highest BCUT2D eigenvalue weighted by atomic mass is 19.1. The van der Waals surface area contributed by atoms with Crippen LogP contribution in [0.5, 0.6) is 11.5 Å². The number of hydrogen-bond donors (Lipinski definition) is 1. The van der Waals surface area contributed by atoms with Gasteiger partial charge in [0.25, 0.3) is 0 Å².